The zero-order valence-corrected chi connectivity index (χ0v) is 15.6. The molecule has 27 heavy (non-hydrogen) atoms. The Bertz CT molecular complexity index is 861. The molecule has 3 heterocycles. The summed E-state index contributed by atoms with van der Waals surface area (Å²) in [5, 5.41) is 4.49. The molecule has 0 radical (unpaired) electrons. The normalized spacial score (nSPS) is 16.8. The highest BCUT2D eigenvalue weighted by atomic mass is 16.7. The largest absolute Gasteiger partial charge is 0.454 e. The van der Waals surface area contributed by atoms with Crippen molar-refractivity contribution in [2.75, 3.05) is 26.4 Å². The van der Waals surface area contributed by atoms with Crippen LogP contribution >= 0.6 is 0 Å². The predicted molar refractivity (Wildman–Crippen MR) is 100 cm³/mol. The molecule has 142 valence electrons. The summed E-state index contributed by atoms with van der Waals surface area (Å²) in [5.74, 6) is 1.67. The van der Waals surface area contributed by atoms with Gasteiger partial charge in [0.05, 0.1) is 18.8 Å². The second kappa shape index (κ2) is 7.44. The topological polar surface area (TPSA) is 59.8 Å². The monoisotopic (exact) mass is 368 g/mol. The summed E-state index contributed by atoms with van der Waals surface area (Å²) in [4.78, 5) is 16.7. The summed E-state index contributed by atoms with van der Waals surface area (Å²) in [7, 11) is 0. The van der Waals surface area contributed by atoms with E-state index in [0.29, 0.717) is 26.2 Å². The van der Waals surface area contributed by atoms with Gasteiger partial charge in [0.25, 0.3) is 0 Å². The number of amides is 1. The van der Waals surface area contributed by atoms with E-state index in [0.717, 1.165) is 41.4 Å². The SMILES string of the molecule is C=CCn1cc(CN2CCN(Cc3ccc4c(c3)OCO4)C(=O)C2)c(C)n1. The molecule has 1 aromatic carbocycles. The van der Waals surface area contributed by atoms with Crippen molar-refractivity contribution in [2.24, 2.45) is 0 Å². The molecular formula is C20H24N4O3. The fourth-order valence-electron chi connectivity index (χ4n) is 3.50. The number of piperazine rings is 1. The number of ether oxygens (including phenoxy) is 2. The lowest BCUT2D eigenvalue weighted by Crippen LogP contribution is -2.49. The van der Waals surface area contributed by atoms with Gasteiger partial charge >= 0.3 is 0 Å². The highest BCUT2D eigenvalue weighted by Gasteiger charge is 2.25. The van der Waals surface area contributed by atoms with Crippen molar-refractivity contribution in [3.05, 3.63) is 53.9 Å². The molecule has 7 nitrogen and oxygen atoms in total. The first-order valence-corrected chi connectivity index (χ1v) is 9.15. The molecule has 1 amide bonds. The number of nitrogens with zero attached hydrogens (tertiary/aromatic N) is 4. The van der Waals surface area contributed by atoms with Gasteiger partial charge in [-0.2, -0.15) is 5.10 Å². The molecule has 2 aliphatic rings. The number of aryl methyl sites for hydroxylation is 1. The van der Waals surface area contributed by atoms with E-state index in [2.05, 4.69) is 16.6 Å². The van der Waals surface area contributed by atoms with Crippen LogP contribution in [0.25, 0.3) is 0 Å². The minimum absolute atomic E-state index is 0.148. The number of carbonyl (C=O) groups excluding carboxylic acids is 1. The Morgan fingerprint density at radius 3 is 2.89 bits per heavy atom. The maximum absolute atomic E-state index is 12.6. The molecule has 0 bridgehead atoms. The molecule has 0 unspecified atom stereocenters. The zero-order chi connectivity index (χ0) is 18.8. The van der Waals surface area contributed by atoms with Gasteiger partial charge in [0.15, 0.2) is 11.5 Å². The molecule has 0 N–H and O–H groups in total. The molecule has 1 saturated heterocycles. The number of hydrogen-bond donors (Lipinski definition) is 0. The Balaban J connectivity index is 1.35. The van der Waals surface area contributed by atoms with Gasteiger partial charge in [-0.3, -0.25) is 14.4 Å². The average Bonchev–Trinajstić information content (AvgIpc) is 3.24. The van der Waals surface area contributed by atoms with Gasteiger partial charge in [-0.15, -0.1) is 6.58 Å². The molecule has 2 aromatic rings. The smallest absolute Gasteiger partial charge is 0.237 e. The van der Waals surface area contributed by atoms with Gasteiger partial charge in [-0.1, -0.05) is 12.1 Å². The lowest BCUT2D eigenvalue weighted by Gasteiger charge is -2.34. The Morgan fingerprint density at radius 1 is 1.22 bits per heavy atom. The van der Waals surface area contributed by atoms with Crippen LogP contribution in [-0.2, 0) is 24.4 Å². The molecule has 0 spiro atoms. The van der Waals surface area contributed by atoms with E-state index in [1.165, 1.54) is 0 Å². The molecule has 0 atom stereocenters. The van der Waals surface area contributed by atoms with Crippen LogP contribution in [0.5, 0.6) is 11.5 Å². The Hall–Kier alpha value is -2.80. The van der Waals surface area contributed by atoms with Crippen molar-refractivity contribution >= 4 is 5.91 Å². The molecule has 7 heteroatoms. The van der Waals surface area contributed by atoms with Crippen LogP contribution in [0, 0.1) is 6.92 Å². The second-order valence-corrected chi connectivity index (χ2v) is 6.96. The van der Waals surface area contributed by atoms with Crippen LogP contribution in [0.2, 0.25) is 0 Å². The number of hydrogen-bond acceptors (Lipinski definition) is 5. The Kier molecular flexibility index (Phi) is 4.85. The Labute approximate surface area is 158 Å². The van der Waals surface area contributed by atoms with Crippen molar-refractivity contribution in [2.45, 2.75) is 26.6 Å². The molecule has 0 saturated carbocycles. The number of rotatable bonds is 6. The average molecular weight is 368 g/mol. The predicted octanol–water partition coefficient (Wildman–Crippen LogP) is 1.95. The van der Waals surface area contributed by atoms with E-state index < -0.39 is 0 Å². The van der Waals surface area contributed by atoms with Crippen molar-refractivity contribution in [1.82, 2.24) is 19.6 Å². The van der Waals surface area contributed by atoms with Crippen LogP contribution in [0.1, 0.15) is 16.8 Å². The first kappa shape index (κ1) is 17.6. The molecule has 4 rings (SSSR count). The fourth-order valence-corrected chi connectivity index (χ4v) is 3.50. The first-order chi connectivity index (χ1) is 13.1. The summed E-state index contributed by atoms with van der Waals surface area (Å²) in [6, 6.07) is 5.85. The minimum Gasteiger partial charge on any atom is -0.454 e. The molecule has 0 aliphatic carbocycles. The number of aromatic nitrogens is 2. The number of carbonyl (C=O) groups is 1. The standard InChI is InChI=1S/C20H24N4O3/c1-3-6-24-12-17(15(2)21-24)11-22-7-8-23(20(25)13-22)10-16-4-5-18-19(9-16)27-14-26-18/h3-5,9,12H,1,6-8,10-11,13-14H2,2H3. The lowest BCUT2D eigenvalue weighted by molar-refractivity contribution is -0.136. The first-order valence-electron chi connectivity index (χ1n) is 9.15. The number of benzene rings is 1. The van der Waals surface area contributed by atoms with Gasteiger partial charge in [0.1, 0.15) is 0 Å². The van der Waals surface area contributed by atoms with Crippen molar-refractivity contribution < 1.29 is 14.3 Å². The minimum atomic E-state index is 0.148. The van der Waals surface area contributed by atoms with Gasteiger partial charge in [-0.25, -0.2) is 0 Å². The highest BCUT2D eigenvalue weighted by molar-refractivity contribution is 5.79. The quantitative estimate of drug-likeness (QED) is 0.730. The number of fused-ring (bicyclic) bond motifs is 1. The van der Waals surface area contributed by atoms with Crippen LogP contribution in [-0.4, -0.2) is 51.9 Å². The Morgan fingerprint density at radius 2 is 2.07 bits per heavy atom. The summed E-state index contributed by atoms with van der Waals surface area (Å²) >= 11 is 0. The maximum atomic E-state index is 12.6. The number of allylic oxidation sites excluding steroid dienone is 1. The van der Waals surface area contributed by atoms with E-state index in [1.807, 2.05) is 47.0 Å². The van der Waals surface area contributed by atoms with E-state index in [-0.39, 0.29) is 12.7 Å². The molecule has 1 fully saturated rings. The van der Waals surface area contributed by atoms with Crippen LogP contribution in [0.4, 0.5) is 0 Å². The molecular weight excluding hydrogens is 344 g/mol. The highest BCUT2D eigenvalue weighted by Crippen LogP contribution is 2.32. The summed E-state index contributed by atoms with van der Waals surface area (Å²) in [5.41, 5.74) is 3.23. The van der Waals surface area contributed by atoms with Crippen molar-refractivity contribution in [3.8, 4) is 11.5 Å². The zero-order valence-electron chi connectivity index (χ0n) is 15.6. The van der Waals surface area contributed by atoms with Crippen molar-refractivity contribution in [3.63, 3.8) is 0 Å². The third-order valence-corrected chi connectivity index (χ3v) is 4.97. The van der Waals surface area contributed by atoms with Crippen molar-refractivity contribution in [1.29, 1.82) is 0 Å². The second-order valence-electron chi connectivity index (χ2n) is 6.96. The van der Waals surface area contributed by atoms with E-state index in [4.69, 9.17) is 9.47 Å². The summed E-state index contributed by atoms with van der Waals surface area (Å²) in [6.07, 6.45) is 3.87. The third kappa shape index (κ3) is 3.83. The molecule has 1 aromatic heterocycles. The summed E-state index contributed by atoms with van der Waals surface area (Å²) < 4.78 is 12.6. The van der Waals surface area contributed by atoms with Crippen LogP contribution in [0.15, 0.2) is 37.1 Å². The molecule has 2 aliphatic heterocycles. The van der Waals surface area contributed by atoms with Gasteiger partial charge in [0, 0.05) is 37.9 Å². The van der Waals surface area contributed by atoms with E-state index >= 15 is 0 Å². The van der Waals surface area contributed by atoms with E-state index in [9.17, 15) is 4.79 Å². The van der Waals surface area contributed by atoms with Gasteiger partial charge in [-0.05, 0) is 24.6 Å². The van der Waals surface area contributed by atoms with Gasteiger partial charge in [0.2, 0.25) is 12.7 Å². The third-order valence-electron chi connectivity index (χ3n) is 4.97. The fraction of sp³-hybridized carbons (Fsp3) is 0.400. The van der Waals surface area contributed by atoms with Crippen LogP contribution < -0.4 is 9.47 Å². The van der Waals surface area contributed by atoms with Crippen LogP contribution in [0.3, 0.4) is 0 Å². The lowest BCUT2D eigenvalue weighted by atomic mass is 10.1. The van der Waals surface area contributed by atoms with E-state index in [1.54, 1.807) is 0 Å². The summed E-state index contributed by atoms with van der Waals surface area (Å²) in [6.45, 7) is 10.0. The maximum Gasteiger partial charge on any atom is 0.237 e. The van der Waals surface area contributed by atoms with Gasteiger partial charge < -0.3 is 14.4 Å².